The Labute approximate surface area is 91.3 Å². The van der Waals surface area contributed by atoms with E-state index in [9.17, 15) is 9.00 Å². The maximum absolute atomic E-state index is 11.2. The lowest BCUT2D eigenvalue weighted by Gasteiger charge is -2.04. The molecule has 1 aromatic rings. The first-order valence-electron chi connectivity index (χ1n) is 4.50. The third kappa shape index (κ3) is 4.22. The van der Waals surface area contributed by atoms with Gasteiger partial charge >= 0.3 is 0 Å². The summed E-state index contributed by atoms with van der Waals surface area (Å²) >= 11 is 0. The summed E-state index contributed by atoms with van der Waals surface area (Å²) in [5.41, 5.74) is 7.14. The van der Waals surface area contributed by atoms with Crippen LogP contribution in [-0.2, 0) is 22.1 Å². The summed E-state index contributed by atoms with van der Waals surface area (Å²) in [5.74, 6) is -0.213. The number of hydrogen-bond acceptors (Lipinski definition) is 3. The summed E-state index contributed by atoms with van der Waals surface area (Å²) in [7, 11) is -1.11. The van der Waals surface area contributed by atoms with E-state index in [2.05, 4.69) is 5.32 Å². The first kappa shape index (κ1) is 11.9. The zero-order valence-electron chi connectivity index (χ0n) is 8.53. The highest BCUT2D eigenvalue weighted by Gasteiger charge is 2.03. The molecule has 0 bridgehead atoms. The van der Waals surface area contributed by atoms with Crippen LogP contribution in [0.4, 0.5) is 5.69 Å². The molecule has 0 radical (unpaired) electrons. The molecule has 0 saturated heterocycles. The van der Waals surface area contributed by atoms with E-state index in [0.717, 1.165) is 5.56 Å². The Hall–Kier alpha value is -1.20. The number of benzene rings is 1. The minimum absolute atomic E-state index is 0.0264. The fourth-order valence-corrected chi connectivity index (χ4v) is 1.55. The van der Waals surface area contributed by atoms with Crippen LogP contribution in [0.15, 0.2) is 24.3 Å². The van der Waals surface area contributed by atoms with E-state index in [1.165, 1.54) is 6.26 Å². The van der Waals surface area contributed by atoms with Gasteiger partial charge in [0.1, 0.15) is 5.75 Å². The van der Waals surface area contributed by atoms with Crippen molar-refractivity contribution in [2.75, 3.05) is 17.3 Å². The van der Waals surface area contributed by atoms with Crippen LogP contribution >= 0.6 is 0 Å². The Kier molecular flexibility index (Phi) is 4.45. The number of nitrogens with one attached hydrogen (secondary N) is 1. The van der Waals surface area contributed by atoms with Gasteiger partial charge in [0.15, 0.2) is 0 Å². The number of carbonyl (C=O) groups is 1. The van der Waals surface area contributed by atoms with Gasteiger partial charge in [-0.15, -0.1) is 0 Å². The van der Waals surface area contributed by atoms with Gasteiger partial charge in [-0.05, 0) is 17.7 Å². The molecule has 3 N–H and O–H groups in total. The van der Waals surface area contributed by atoms with Gasteiger partial charge in [0, 0.05) is 29.3 Å². The highest BCUT2D eigenvalue weighted by atomic mass is 32.2. The van der Waals surface area contributed by atoms with Gasteiger partial charge < -0.3 is 11.1 Å². The maximum Gasteiger partial charge on any atom is 0.236 e. The van der Waals surface area contributed by atoms with Gasteiger partial charge in [-0.25, -0.2) is 0 Å². The summed E-state index contributed by atoms with van der Waals surface area (Å²) in [4.78, 5) is 11.2. The lowest BCUT2D eigenvalue weighted by molar-refractivity contribution is -0.113. The van der Waals surface area contributed by atoms with Crippen molar-refractivity contribution >= 4 is 22.4 Å². The molecule has 0 aliphatic heterocycles. The molecule has 1 atom stereocenters. The zero-order chi connectivity index (χ0) is 11.3. The summed E-state index contributed by atoms with van der Waals surface area (Å²) in [6, 6.07) is 7.24. The largest absolute Gasteiger partial charge is 0.326 e. The van der Waals surface area contributed by atoms with E-state index in [1.807, 2.05) is 12.1 Å². The maximum atomic E-state index is 11.2. The molecule has 4 nitrogen and oxygen atoms in total. The van der Waals surface area contributed by atoms with E-state index in [0.29, 0.717) is 12.2 Å². The number of nitrogens with two attached hydrogens (primary N) is 1. The Morgan fingerprint density at radius 1 is 1.40 bits per heavy atom. The van der Waals surface area contributed by atoms with Crippen LogP contribution in [0, 0.1) is 0 Å². The lowest BCUT2D eigenvalue weighted by atomic mass is 10.2. The molecule has 82 valence electrons. The zero-order valence-corrected chi connectivity index (χ0v) is 9.34. The molecule has 1 aromatic carbocycles. The average Bonchev–Trinajstić information content (AvgIpc) is 2.17. The van der Waals surface area contributed by atoms with Crippen molar-refractivity contribution in [1.29, 1.82) is 0 Å². The first-order valence-corrected chi connectivity index (χ1v) is 6.23. The third-order valence-corrected chi connectivity index (χ3v) is 2.48. The van der Waals surface area contributed by atoms with Gasteiger partial charge in [0.25, 0.3) is 0 Å². The van der Waals surface area contributed by atoms with Crippen LogP contribution in [0.3, 0.4) is 0 Å². The van der Waals surface area contributed by atoms with Gasteiger partial charge in [-0.2, -0.15) is 0 Å². The van der Waals surface area contributed by atoms with Crippen molar-refractivity contribution in [2.45, 2.75) is 6.54 Å². The van der Waals surface area contributed by atoms with Crippen LogP contribution in [0.1, 0.15) is 5.56 Å². The highest BCUT2D eigenvalue weighted by molar-refractivity contribution is 7.85. The molecule has 0 aliphatic carbocycles. The Bertz CT molecular complexity index is 362. The van der Waals surface area contributed by atoms with E-state index < -0.39 is 10.8 Å². The van der Waals surface area contributed by atoms with Gasteiger partial charge in [-0.1, -0.05) is 12.1 Å². The standard InChI is InChI=1S/C10H14N2O2S/c1-15(14)7-10(13)12-9-4-2-8(6-11)3-5-9/h2-5H,6-7,11H2,1H3,(H,12,13). The molecular weight excluding hydrogens is 212 g/mol. The van der Waals surface area contributed by atoms with Gasteiger partial charge in [-0.3, -0.25) is 9.00 Å². The molecule has 0 aromatic heterocycles. The monoisotopic (exact) mass is 226 g/mol. The predicted octanol–water partition coefficient (Wildman–Crippen LogP) is 0.462. The molecule has 0 spiro atoms. The third-order valence-electron chi connectivity index (χ3n) is 1.81. The van der Waals surface area contributed by atoms with Crippen molar-refractivity contribution in [1.82, 2.24) is 0 Å². The molecule has 1 amide bonds. The second kappa shape index (κ2) is 5.63. The van der Waals surface area contributed by atoms with Crippen molar-refractivity contribution in [2.24, 2.45) is 5.73 Å². The van der Waals surface area contributed by atoms with E-state index in [-0.39, 0.29) is 11.7 Å². The number of amides is 1. The van der Waals surface area contributed by atoms with Crippen molar-refractivity contribution in [3.8, 4) is 0 Å². The normalized spacial score (nSPS) is 12.1. The van der Waals surface area contributed by atoms with Crippen molar-refractivity contribution < 1.29 is 9.00 Å². The summed E-state index contributed by atoms with van der Waals surface area (Å²) in [5, 5.41) is 2.65. The summed E-state index contributed by atoms with van der Waals surface area (Å²) < 4.78 is 10.8. The Morgan fingerprint density at radius 2 is 2.00 bits per heavy atom. The topological polar surface area (TPSA) is 72.2 Å². The van der Waals surface area contributed by atoms with E-state index >= 15 is 0 Å². The van der Waals surface area contributed by atoms with Crippen molar-refractivity contribution in [3.63, 3.8) is 0 Å². The quantitative estimate of drug-likeness (QED) is 0.783. The Balaban J connectivity index is 2.57. The predicted molar refractivity (Wildman–Crippen MR) is 61.9 cm³/mol. The summed E-state index contributed by atoms with van der Waals surface area (Å²) in [6.07, 6.45) is 1.50. The molecule has 1 rings (SSSR count). The second-order valence-electron chi connectivity index (χ2n) is 3.17. The molecule has 0 fully saturated rings. The number of rotatable bonds is 4. The molecule has 15 heavy (non-hydrogen) atoms. The average molecular weight is 226 g/mol. The minimum Gasteiger partial charge on any atom is -0.326 e. The molecule has 1 unspecified atom stereocenters. The SMILES string of the molecule is CS(=O)CC(=O)Nc1ccc(CN)cc1. The molecule has 0 saturated carbocycles. The van der Waals surface area contributed by atoms with Gasteiger partial charge in [0.2, 0.25) is 5.91 Å². The van der Waals surface area contributed by atoms with E-state index in [1.54, 1.807) is 12.1 Å². The Morgan fingerprint density at radius 3 is 2.47 bits per heavy atom. The van der Waals surface area contributed by atoms with Crippen LogP contribution in [0.2, 0.25) is 0 Å². The second-order valence-corrected chi connectivity index (χ2v) is 4.60. The molecule has 5 heteroatoms. The summed E-state index contributed by atoms with van der Waals surface area (Å²) in [6.45, 7) is 0.479. The molecule has 0 aliphatic rings. The smallest absolute Gasteiger partial charge is 0.236 e. The van der Waals surface area contributed by atoms with Crippen LogP contribution in [0.5, 0.6) is 0 Å². The number of hydrogen-bond donors (Lipinski definition) is 2. The van der Waals surface area contributed by atoms with Crippen LogP contribution in [-0.4, -0.2) is 22.1 Å². The van der Waals surface area contributed by atoms with Crippen LogP contribution < -0.4 is 11.1 Å². The molecular formula is C10H14N2O2S. The number of carbonyl (C=O) groups excluding carboxylic acids is 1. The first-order chi connectivity index (χ1) is 7.11. The highest BCUT2D eigenvalue weighted by Crippen LogP contribution is 2.08. The lowest BCUT2D eigenvalue weighted by Crippen LogP contribution is -2.18. The van der Waals surface area contributed by atoms with Crippen LogP contribution in [0.25, 0.3) is 0 Å². The van der Waals surface area contributed by atoms with Crippen molar-refractivity contribution in [3.05, 3.63) is 29.8 Å². The fourth-order valence-electron chi connectivity index (χ4n) is 1.11. The molecule has 0 heterocycles. The number of anilines is 1. The van der Waals surface area contributed by atoms with Gasteiger partial charge in [0.05, 0.1) is 0 Å². The van der Waals surface area contributed by atoms with E-state index in [4.69, 9.17) is 5.73 Å². The minimum atomic E-state index is -1.11. The fraction of sp³-hybridized carbons (Fsp3) is 0.300.